The summed E-state index contributed by atoms with van der Waals surface area (Å²) in [5.41, 5.74) is 5.54. The molecule has 124 valence electrons. The van der Waals surface area contributed by atoms with Crippen molar-refractivity contribution in [2.75, 3.05) is 19.3 Å². The van der Waals surface area contributed by atoms with Crippen LogP contribution >= 0.6 is 28.3 Å². The molecule has 0 unspecified atom stereocenters. The average Bonchev–Trinajstić information content (AvgIpc) is 2.40. The second kappa shape index (κ2) is 7.25. The Morgan fingerprint density at radius 1 is 1.36 bits per heavy atom. The van der Waals surface area contributed by atoms with E-state index in [-0.39, 0.29) is 24.0 Å². The van der Waals surface area contributed by atoms with Crippen molar-refractivity contribution < 1.29 is 17.6 Å². The van der Waals surface area contributed by atoms with Gasteiger partial charge < -0.3 is 10.6 Å². The lowest BCUT2D eigenvalue weighted by molar-refractivity contribution is 0.0709. The summed E-state index contributed by atoms with van der Waals surface area (Å²) in [4.78, 5) is 13.4. The monoisotopic (exact) mass is 414 g/mol. The average molecular weight is 416 g/mol. The van der Waals surface area contributed by atoms with Gasteiger partial charge in [0.1, 0.15) is 4.90 Å². The van der Waals surface area contributed by atoms with Gasteiger partial charge in [0, 0.05) is 29.9 Å². The van der Waals surface area contributed by atoms with E-state index in [4.69, 9.17) is 5.73 Å². The van der Waals surface area contributed by atoms with Crippen molar-refractivity contribution in [2.24, 2.45) is 5.73 Å². The Balaban J connectivity index is 0.00000242. The van der Waals surface area contributed by atoms with E-state index in [2.05, 4.69) is 15.9 Å². The Hall–Kier alpha value is -0.700. The highest BCUT2D eigenvalue weighted by atomic mass is 79.9. The topological polar surface area (TPSA) is 80.5 Å². The van der Waals surface area contributed by atoms with E-state index in [0.29, 0.717) is 30.4 Å². The van der Waals surface area contributed by atoms with Gasteiger partial charge in [-0.3, -0.25) is 4.79 Å². The first-order valence-electron chi connectivity index (χ1n) is 6.44. The number of likely N-dealkylation sites (tertiary alicyclic amines) is 1. The number of halogens is 3. The number of nitrogens with zero attached hydrogens (tertiary/aromatic N) is 1. The SMILES string of the molecule is CS(=O)(=O)c1cc(Br)cc(C(=O)N2CCC(N)CC2)c1F.Cl. The van der Waals surface area contributed by atoms with E-state index in [1.54, 1.807) is 0 Å². The molecule has 9 heteroatoms. The zero-order valence-electron chi connectivity index (χ0n) is 11.9. The first kappa shape index (κ1) is 19.3. The zero-order valence-corrected chi connectivity index (χ0v) is 15.1. The lowest BCUT2D eigenvalue weighted by atomic mass is 10.0. The van der Waals surface area contributed by atoms with Gasteiger partial charge in [0.15, 0.2) is 15.7 Å². The number of benzene rings is 1. The maximum atomic E-state index is 14.4. The lowest BCUT2D eigenvalue weighted by Crippen LogP contribution is -2.43. The van der Waals surface area contributed by atoms with Crippen molar-refractivity contribution in [2.45, 2.75) is 23.8 Å². The Kier molecular flexibility index (Phi) is 6.37. The van der Waals surface area contributed by atoms with Gasteiger partial charge >= 0.3 is 0 Å². The van der Waals surface area contributed by atoms with Gasteiger partial charge in [0.2, 0.25) is 0 Å². The third-order valence-corrected chi connectivity index (χ3v) is 5.01. The van der Waals surface area contributed by atoms with Gasteiger partial charge in [-0.1, -0.05) is 15.9 Å². The standard InChI is InChI=1S/C13H16BrFN2O3S.ClH/c1-21(19,20)11-7-8(14)6-10(12(11)15)13(18)17-4-2-9(16)3-5-17;/h6-7,9H,2-5,16H2,1H3;1H. The normalized spacial score (nSPS) is 16.3. The Labute approximate surface area is 143 Å². The largest absolute Gasteiger partial charge is 0.338 e. The number of rotatable bonds is 2. The number of hydrogen-bond donors (Lipinski definition) is 1. The Morgan fingerprint density at radius 2 is 1.91 bits per heavy atom. The van der Waals surface area contributed by atoms with Gasteiger partial charge in [0.25, 0.3) is 5.91 Å². The van der Waals surface area contributed by atoms with Crippen molar-refractivity contribution in [3.63, 3.8) is 0 Å². The third-order valence-electron chi connectivity index (χ3n) is 3.46. The van der Waals surface area contributed by atoms with Crippen LogP contribution in [0.15, 0.2) is 21.5 Å². The van der Waals surface area contributed by atoms with Crippen molar-refractivity contribution in [1.82, 2.24) is 4.90 Å². The van der Waals surface area contributed by atoms with E-state index in [1.807, 2.05) is 0 Å². The molecule has 1 aromatic carbocycles. The zero-order chi connectivity index (χ0) is 15.8. The predicted octanol–water partition coefficient (Wildman–Crippen LogP) is 1.98. The number of nitrogens with two attached hydrogens (primary N) is 1. The quantitative estimate of drug-likeness (QED) is 0.801. The molecule has 1 fully saturated rings. The number of piperidine rings is 1. The molecule has 0 atom stereocenters. The lowest BCUT2D eigenvalue weighted by Gasteiger charge is -2.30. The highest BCUT2D eigenvalue weighted by Gasteiger charge is 2.27. The van der Waals surface area contributed by atoms with Crippen LogP contribution in [0.4, 0.5) is 4.39 Å². The molecule has 22 heavy (non-hydrogen) atoms. The number of hydrogen-bond acceptors (Lipinski definition) is 4. The number of carbonyl (C=O) groups excluding carboxylic acids is 1. The molecule has 5 nitrogen and oxygen atoms in total. The van der Waals surface area contributed by atoms with Crippen LogP contribution in [0.5, 0.6) is 0 Å². The predicted molar refractivity (Wildman–Crippen MR) is 87.6 cm³/mol. The number of sulfone groups is 1. The first-order chi connectivity index (χ1) is 9.70. The van der Waals surface area contributed by atoms with Crippen molar-refractivity contribution in [3.8, 4) is 0 Å². The maximum absolute atomic E-state index is 14.4. The molecule has 0 aliphatic carbocycles. The van der Waals surface area contributed by atoms with Crippen LogP contribution in [0.2, 0.25) is 0 Å². The Morgan fingerprint density at radius 3 is 2.41 bits per heavy atom. The fourth-order valence-corrected chi connectivity index (χ4v) is 3.65. The van der Waals surface area contributed by atoms with Crippen LogP contribution in [-0.2, 0) is 9.84 Å². The maximum Gasteiger partial charge on any atom is 0.256 e. The van der Waals surface area contributed by atoms with Crippen LogP contribution in [-0.4, -0.2) is 44.6 Å². The van der Waals surface area contributed by atoms with Gasteiger partial charge in [-0.15, -0.1) is 12.4 Å². The minimum absolute atomic E-state index is 0. The summed E-state index contributed by atoms with van der Waals surface area (Å²) in [6.45, 7) is 0.889. The molecule has 0 bridgehead atoms. The summed E-state index contributed by atoms with van der Waals surface area (Å²) in [5, 5.41) is 0. The third kappa shape index (κ3) is 4.18. The molecule has 1 aromatic rings. The molecule has 2 N–H and O–H groups in total. The second-order valence-electron chi connectivity index (χ2n) is 5.17. The molecule has 0 aromatic heterocycles. The second-order valence-corrected chi connectivity index (χ2v) is 8.07. The van der Waals surface area contributed by atoms with Crippen LogP contribution < -0.4 is 5.73 Å². The van der Waals surface area contributed by atoms with Gasteiger partial charge in [-0.25, -0.2) is 12.8 Å². The summed E-state index contributed by atoms with van der Waals surface area (Å²) in [6, 6.07) is 2.52. The summed E-state index contributed by atoms with van der Waals surface area (Å²) < 4.78 is 37.9. The summed E-state index contributed by atoms with van der Waals surface area (Å²) in [5.74, 6) is -1.51. The minimum atomic E-state index is -3.75. The highest BCUT2D eigenvalue weighted by Crippen LogP contribution is 2.26. The van der Waals surface area contributed by atoms with E-state index >= 15 is 0 Å². The van der Waals surface area contributed by atoms with E-state index in [1.165, 1.54) is 11.0 Å². The molecule has 0 spiro atoms. The summed E-state index contributed by atoms with van der Waals surface area (Å²) in [6.07, 6.45) is 2.21. The molecule has 2 rings (SSSR count). The smallest absolute Gasteiger partial charge is 0.256 e. The molecule has 0 saturated carbocycles. The minimum Gasteiger partial charge on any atom is -0.338 e. The summed E-state index contributed by atoms with van der Waals surface area (Å²) >= 11 is 3.12. The number of carbonyl (C=O) groups is 1. The van der Waals surface area contributed by atoms with E-state index in [9.17, 15) is 17.6 Å². The molecule has 1 saturated heterocycles. The van der Waals surface area contributed by atoms with Crippen molar-refractivity contribution in [3.05, 3.63) is 28.0 Å². The molecule has 1 heterocycles. The van der Waals surface area contributed by atoms with E-state index < -0.39 is 26.5 Å². The van der Waals surface area contributed by atoms with Crippen LogP contribution in [0.25, 0.3) is 0 Å². The Bertz CT molecular complexity index is 676. The molecular formula is C13H17BrClFN2O3S. The van der Waals surface area contributed by atoms with Crippen LogP contribution in [0, 0.1) is 5.82 Å². The fourth-order valence-electron chi connectivity index (χ4n) is 2.26. The first-order valence-corrected chi connectivity index (χ1v) is 9.12. The fraction of sp³-hybridized carbons (Fsp3) is 0.462. The molecule has 1 amide bonds. The number of amides is 1. The molecule has 0 radical (unpaired) electrons. The van der Waals surface area contributed by atoms with Gasteiger partial charge in [-0.05, 0) is 25.0 Å². The molecule has 1 aliphatic rings. The van der Waals surface area contributed by atoms with Gasteiger partial charge in [-0.2, -0.15) is 0 Å². The molecule has 1 aliphatic heterocycles. The molecular weight excluding hydrogens is 399 g/mol. The van der Waals surface area contributed by atoms with E-state index in [0.717, 1.165) is 12.3 Å². The van der Waals surface area contributed by atoms with Crippen molar-refractivity contribution in [1.29, 1.82) is 0 Å². The summed E-state index contributed by atoms with van der Waals surface area (Å²) in [7, 11) is -3.75. The van der Waals surface area contributed by atoms with Crippen molar-refractivity contribution >= 4 is 44.1 Å². The van der Waals surface area contributed by atoms with Crippen LogP contribution in [0.1, 0.15) is 23.2 Å². The van der Waals surface area contributed by atoms with Gasteiger partial charge in [0.05, 0.1) is 5.56 Å². The van der Waals surface area contributed by atoms with Crippen LogP contribution in [0.3, 0.4) is 0 Å². The highest BCUT2D eigenvalue weighted by molar-refractivity contribution is 9.10.